The van der Waals surface area contributed by atoms with Crippen LogP contribution in [0.5, 0.6) is 0 Å². The van der Waals surface area contributed by atoms with Gasteiger partial charge in [-0.3, -0.25) is 19.7 Å². The van der Waals surface area contributed by atoms with Gasteiger partial charge in [0, 0.05) is 6.92 Å². The van der Waals surface area contributed by atoms with Gasteiger partial charge in [0.2, 0.25) is 5.91 Å². The Morgan fingerprint density at radius 2 is 2.05 bits per heavy atom. The number of imide groups is 1. The molecule has 6 nitrogen and oxygen atoms in total. The average molecular weight is 281 g/mol. The van der Waals surface area contributed by atoms with Crippen LogP contribution in [0.4, 0.5) is 5.13 Å². The second-order valence-corrected chi connectivity index (χ2v) is 5.97. The molecule has 2 rings (SSSR count). The molecule has 0 unspecified atom stereocenters. The van der Waals surface area contributed by atoms with Crippen molar-refractivity contribution < 1.29 is 14.4 Å². The molecule has 0 bridgehead atoms. The van der Waals surface area contributed by atoms with Crippen molar-refractivity contribution in [3.05, 3.63) is 10.6 Å². The number of thiazole rings is 1. The summed E-state index contributed by atoms with van der Waals surface area (Å²) in [6.45, 7) is 6.72. The van der Waals surface area contributed by atoms with Crippen molar-refractivity contribution in [3.8, 4) is 0 Å². The molecule has 1 aliphatic heterocycles. The van der Waals surface area contributed by atoms with E-state index in [0.717, 1.165) is 0 Å². The Hall–Kier alpha value is -1.76. The Bertz CT molecular complexity index is 577. The van der Waals surface area contributed by atoms with Crippen molar-refractivity contribution >= 4 is 34.1 Å². The molecular weight excluding hydrogens is 266 g/mol. The van der Waals surface area contributed by atoms with Crippen LogP contribution in [0, 0.1) is 6.92 Å². The molecule has 0 aliphatic carbocycles. The third-order valence-corrected chi connectivity index (χ3v) is 4.40. The van der Waals surface area contributed by atoms with Crippen molar-refractivity contribution in [1.82, 2.24) is 10.3 Å². The summed E-state index contributed by atoms with van der Waals surface area (Å²) in [7, 11) is 0. The number of piperazine rings is 1. The second kappa shape index (κ2) is 4.41. The van der Waals surface area contributed by atoms with Crippen LogP contribution < -0.4 is 10.2 Å². The van der Waals surface area contributed by atoms with Crippen LogP contribution >= 0.6 is 11.3 Å². The highest BCUT2D eigenvalue weighted by molar-refractivity contribution is 7.17. The van der Waals surface area contributed by atoms with Gasteiger partial charge in [-0.1, -0.05) is 11.3 Å². The average Bonchev–Trinajstić information content (AvgIpc) is 2.66. The van der Waals surface area contributed by atoms with E-state index < -0.39 is 5.54 Å². The lowest BCUT2D eigenvalue weighted by atomic mass is 10.00. The minimum atomic E-state index is -0.869. The number of aryl methyl sites for hydroxylation is 1. The molecule has 102 valence electrons. The van der Waals surface area contributed by atoms with E-state index in [2.05, 4.69) is 10.3 Å². The van der Waals surface area contributed by atoms with Crippen molar-refractivity contribution in [1.29, 1.82) is 0 Å². The Balaban J connectivity index is 2.44. The van der Waals surface area contributed by atoms with Gasteiger partial charge in [-0.25, -0.2) is 4.98 Å². The highest BCUT2D eigenvalue weighted by Gasteiger charge is 2.42. The zero-order valence-electron chi connectivity index (χ0n) is 11.2. The fourth-order valence-corrected chi connectivity index (χ4v) is 3.02. The van der Waals surface area contributed by atoms with E-state index in [1.54, 1.807) is 25.7 Å². The van der Waals surface area contributed by atoms with E-state index in [0.29, 0.717) is 15.7 Å². The largest absolute Gasteiger partial charge is 0.325 e. The lowest BCUT2D eigenvalue weighted by molar-refractivity contribution is -0.135. The molecule has 1 aromatic rings. The number of carbonyl (C=O) groups is 3. The lowest BCUT2D eigenvalue weighted by Crippen LogP contribution is -2.64. The van der Waals surface area contributed by atoms with Crippen molar-refractivity contribution in [2.75, 3.05) is 11.4 Å². The van der Waals surface area contributed by atoms with Crippen LogP contribution in [-0.2, 0) is 9.59 Å². The SMILES string of the molecule is CC(=O)c1sc(N2CC(=O)NC(=O)C2(C)C)nc1C. The topological polar surface area (TPSA) is 79.4 Å². The molecule has 1 N–H and O–H groups in total. The summed E-state index contributed by atoms with van der Waals surface area (Å²) in [5, 5.41) is 2.83. The minimum absolute atomic E-state index is 0.0586. The van der Waals surface area contributed by atoms with Crippen molar-refractivity contribution in [2.45, 2.75) is 33.2 Å². The standard InChI is InChI=1S/C12H15N3O3S/c1-6-9(7(2)16)19-11(13-6)15-5-8(17)14-10(18)12(15,3)4/h5H2,1-4H3,(H,14,17,18). The van der Waals surface area contributed by atoms with Gasteiger partial charge < -0.3 is 4.90 Å². The number of hydrogen-bond acceptors (Lipinski definition) is 6. The van der Waals surface area contributed by atoms with Gasteiger partial charge in [-0.05, 0) is 20.8 Å². The molecule has 2 amide bonds. The third-order valence-electron chi connectivity index (χ3n) is 3.12. The van der Waals surface area contributed by atoms with Gasteiger partial charge in [0.1, 0.15) is 12.1 Å². The number of nitrogens with one attached hydrogen (secondary N) is 1. The van der Waals surface area contributed by atoms with Crippen molar-refractivity contribution in [2.24, 2.45) is 0 Å². The fourth-order valence-electron chi connectivity index (χ4n) is 1.91. The van der Waals surface area contributed by atoms with E-state index in [-0.39, 0.29) is 24.1 Å². The highest BCUT2D eigenvalue weighted by atomic mass is 32.1. The molecule has 1 fully saturated rings. The minimum Gasteiger partial charge on any atom is -0.325 e. The molecule has 1 saturated heterocycles. The molecule has 1 aliphatic rings. The van der Waals surface area contributed by atoms with Gasteiger partial charge in [0.15, 0.2) is 10.9 Å². The van der Waals surface area contributed by atoms with Crippen molar-refractivity contribution in [3.63, 3.8) is 0 Å². The van der Waals surface area contributed by atoms with Crippen LogP contribution in [0.3, 0.4) is 0 Å². The van der Waals surface area contributed by atoms with Crippen LogP contribution in [0.15, 0.2) is 0 Å². The van der Waals surface area contributed by atoms with Crippen LogP contribution in [0.1, 0.15) is 36.1 Å². The first-order valence-corrected chi connectivity index (χ1v) is 6.65. The summed E-state index contributed by atoms with van der Waals surface area (Å²) in [6, 6.07) is 0. The van der Waals surface area contributed by atoms with Crippen LogP contribution in [0.25, 0.3) is 0 Å². The summed E-state index contributed by atoms with van der Waals surface area (Å²) in [5.41, 5.74) is -0.242. The van der Waals surface area contributed by atoms with E-state index in [4.69, 9.17) is 0 Å². The summed E-state index contributed by atoms with van der Waals surface area (Å²) in [5.74, 6) is -0.783. The molecule has 7 heteroatoms. The molecular formula is C12H15N3O3S. The highest BCUT2D eigenvalue weighted by Crippen LogP contribution is 2.32. The number of nitrogens with zero attached hydrogens (tertiary/aromatic N) is 2. The zero-order valence-corrected chi connectivity index (χ0v) is 12.1. The Morgan fingerprint density at radius 3 is 2.58 bits per heavy atom. The molecule has 0 saturated carbocycles. The number of rotatable bonds is 2. The van der Waals surface area contributed by atoms with Gasteiger partial charge in [-0.2, -0.15) is 0 Å². The molecule has 2 heterocycles. The third kappa shape index (κ3) is 2.25. The predicted molar refractivity (Wildman–Crippen MR) is 71.4 cm³/mol. The normalized spacial score (nSPS) is 18.4. The van der Waals surface area contributed by atoms with Gasteiger partial charge >= 0.3 is 0 Å². The van der Waals surface area contributed by atoms with E-state index in [1.807, 2.05) is 0 Å². The first-order chi connectivity index (χ1) is 8.73. The Kier molecular flexibility index (Phi) is 3.17. The smallest absolute Gasteiger partial charge is 0.251 e. The second-order valence-electron chi connectivity index (χ2n) is 4.99. The quantitative estimate of drug-likeness (QED) is 0.643. The maximum atomic E-state index is 11.9. The predicted octanol–water partition coefficient (Wildman–Crippen LogP) is 0.896. The first-order valence-electron chi connectivity index (χ1n) is 5.83. The maximum Gasteiger partial charge on any atom is 0.251 e. The first kappa shape index (κ1) is 13.7. The number of amides is 2. The van der Waals surface area contributed by atoms with Gasteiger partial charge in [-0.15, -0.1) is 0 Å². The van der Waals surface area contributed by atoms with E-state index >= 15 is 0 Å². The number of hydrogen-bond donors (Lipinski definition) is 1. The van der Waals surface area contributed by atoms with E-state index in [9.17, 15) is 14.4 Å². The molecule has 0 radical (unpaired) electrons. The number of anilines is 1. The summed E-state index contributed by atoms with van der Waals surface area (Å²) < 4.78 is 0. The fraction of sp³-hybridized carbons (Fsp3) is 0.500. The van der Waals surface area contributed by atoms with Crippen LogP contribution in [0.2, 0.25) is 0 Å². The number of carbonyl (C=O) groups excluding carboxylic acids is 3. The zero-order chi connectivity index (χ0) is 14.4. The summed E-state index contributed by atoms with van der Waals surface area (Å²) in [6.07, 6.45) is 0. The maximum absolute atomic E-state index is 11.9. The Morgan fingerprint density at radius 1 is 1.42 bits per heavy atom. The summed E-state index contributed by atoms with van der Waals surface area (Å²) in [4.78, 5) is 41.3. The molecule has 0 aromatic carbocycles. The van der Waals surface area contributed by atoms with Crippen LogP contribution in [-0.4, -0.2) is 34.7 Å². The molecule has 1 aromatic heterocycles. The van der Waals surface area contributed by atoms with E-state index in [1.165, 1.54) is 18.3 Å². The number of Topliss-reactive ketones (excluding diaryl/α,β-unsaturated/α-hetero) is 1. The summed E-state index contributed by atoms with van der Waals surface area (Å²) >= 11 is 1.21. The molecule has 0 spiro atoms. The van der Waals surface area contributed by atoms with Gasteiger partial charge in [0.25, 0.3) is 5.91 Å². The van der Waals surface area contributed by atoms with Gasteiger partial charge in [0.05, 0.1) is 10.6 Å². The Labute approximate surface area is 114 Å². The monoisotopic (exact) mass is 281 g/mol. The number of aromatic nitrogens is 1. The molecule has 19 heavy (non-hydrogen) atoms. The number of ketones is 1. The lowest BCUT2D eigenvalue weighted by Gasteiger charge is -2.39. The molecule has 0 atom stereocenters.